The smallest absolute Gasteiger partial charge is 0.0941 e. The van der Waals surface area contributed by atoms with Crippen LogP contribution in [0.2, 0.25) is 0 Å². The Bertz CT molecular complexity index is 356. The minimum atomic E-state index is 0.538. The summed E-state index contributed by atoms with van der Waals surface area (Å²) in [6.07, 6.45) is 3.80. The van der Waals surface area contributed by atoms with Crippen molar-refractivity contribution in [2.45, 2.75) is 39.0 Å². The Balaban J connectivity index is 1.72. The molecule has 0 atom stereocenters. The maximum absolute atomic E-state index is 5.77. The molecule has 1 aliphatic heterocycles. The molecule has 102 valence electrons. The van der Waals surface area contributed by atoms with E-state index < -0.39 is 0 Å². The number of hydrogen-bond acceptors (Lipinski definition) is 3. The molecule has 0 bridgehead atoms. The van der Waals surface area contributed by atoms with Gasteiger partial charge in [0.15, 0.2) is 0 Å². The van der Waals surface area contributed by atoms with Gasteiger partial charge in [0, 0.05) is 18.3 Å². The van der Waals surface area contributed by atoms with E-state index in [-0.39, 0.29) is 0 Å². The van der Waals surface area contributed by atoms with Gasteiger partial charge in [-0.1, -0.05) is 13.8 Å². The first-order valence-corrected chi connectivity index (χ1v) is 8.32. The molecule has 0 unspecified atom stereocenters. The van der Waals surface area contributed by atoms with Gasteiger partial charge in [-0.05, 0) is 37.8 Å². The monoisotopic (exact) mass is 286 g/mol. The first-order valence-electron chi connectivity index (χ1n) is 6.90. The van der Waals surface area contributed by atoms with Crippen molar-refractivity contribution in [3.05, 3.63) is 16.1 Å². The molecule has 0 radical (unpaired) electrons. The van der Waals surface area contributed by atoms with Crippen LogP contribution in [0.15, 0.2) is 5.38 Å². The molecular weight excluding hydrogens is 264 g/mol. The van der Waals surface area contributed by atoms with Gasteiger partial charge in [0.05, 0.1) is 16.6 Å². The van der Waals surface area contributed by atoms with Crippen molar-refractivity contribution in [2.24, 2.45) is 11.8 Å². The lowest BCUT2D eigenvalue weighted by molar-refractivity contribution is 0.159. The lowest BCUT2D eigenvalue weighted by Crippen LogP contribution is -2.36. The summed E-state index contributed by atoms with van der Waals surface area (Å²) < 4.78 is 0. The fraction of sp³-hybridized carbons (Fsp3) is 0.786. The predicted octanol–water partition coefficient (Wildman–Crippen LogP) is 3.79. The number of rotatable bonds is 5. The van der Waals surface area contributed by atoms with Crippen molar-refractivity contribution in [3.8, 4) is 0 Å². The minimum absolute atomic E-state index is 0.538. The normalized spacial score (nSPS) is 18.7. The number of hydrogen-bond donors (Lipinski definition) is 0. The molecule has 0 saturated carbocycles. The highest BCUT2D eigenvalue weighted by atomic mass is 35.5. The van der Waals surface area contributed by atoms with Crippen molar-refractivity contribution in [1.82, 2.24) is 9.88 Å². The second kappa shape index (κ2) is 6.88. The Morgan fingerprint density at radius 3 is 2.72 bits per heavy atom. The van der Waals surface area contributed by atoms with E-state index in [9.17, 15) is 0 Å². The van der Waals surface area contributed by atoms with Gasteiger partial charge in [-0.25, -0.2) is 4.98 Å². The van der Waals surface area contributed by atoms with E-state index in [0.29, 0.717) is 5.88 Å². The first-order chi connectivity index (χ1) is 8.69. The number of aromatic nitrogens is 1. The van der Waals surface area contributed by atoms with Crippen molar-refractivity contribution >= 4 is 22.9 Å². The molecular formula is C14H23ClN2S. The molecule has 2 rings (SSSR count). The molecule has 0 spiro atoms. The van der Waals surface area contributed by atoms with E-state index in [1.54, 1.807) is 11.3 Å². The van der Waals surface area contributed by atoms with E-state index in [4.69, 9.17) is 11.6 Å². The maximum atomic E-state index is 5.77. The third-order valence-electron chi connectivity index (χ3n) is 3.95. The van der Waals surface area contributed by atoms with Gasteiger partial charge in [0.2, 0.25) is 0 Å². The number of halogens is 1. The number of piperidine rings is 1. The van der Waals surface area contributed by atoms with Crippen LogP contribution < -0.4 is 0 Å². The molecule has 2 heterocycles. The number of thiazole rings is 1. The summed E-state index contributed by atoms with van der Waals surface area (Å²) in [5.74, 6) is 2.32. The molecule has 0 N–H and O–H groups in total. The molecule has 1 aromatic rings. The molecule has 1 saturated heterocycles. The van der Waals surface area contributed by atoms with Gasteiger partial charge >= 0.3 is 0 Å². The van der Waals surface area contributed by atoms with E-state index in [1.165, 1.54) is 30.9 Å². The van der Waals surface area contributed by atoms with Gasteiger partial charge in [-0.2, -0.15) is 0 Å². The fourth-order valence-corrected chi connectivity index (χ4v) is 3.64. The van der Waals surface area contributed by atoms with Crippen LogP contribution in [0.3, 0.4) is 0 Å². The topological polar surface area (TPSA) is 16.1 Å². The third-order valence-corrected chi connectivity index (χ3v) is 5.18. The summed E-state index contributed by atoms with van der Waals surface area (Å²) in [5.41, 5.74) is 1.02. The van der Waals surface area contributed by atoms with Gasteiger partial charge in [0.1, 0.15) is 0 Å². The summed E-state index contributed by atoms with van der Waals surface area (Å²) in [6.45, 7) is 8.38. The van der Waals surface area contributed by atoms with Crippen LogP contribution in [0.5, 0.6) is 0 Å². The Labute approximate surface area is 119 Å². The molecule has 0 amide bonds. The number of nitrogens with zero attached hydrogens (tertiary/aromatic N) is 2. The van der Waals surface area contributed by atoms with Crippen LogP contribution in [-0.2, 0) is 12.3 Å². The lowest BCUT2D eigenvalue weighted by Gasteiger charge is -2.33. The van der Waals surface area contributed by atoms with E-state index in [0.717, 1.165) is 30.5 Å². The summed E-state index contributed by atoms with van der Waals surface area (Å²) in [7, 11) is 0. The lowest BCUT2D eigenvalue weighted by atomic mass is 9.87. The first kappa shape index (κ1) is 14.3. The van der Waals surface area contributed by atoms with E-state index in [2.05, 4.69) is 29.1 Å². The molecule has 4 heteroatoms. The molecule has 1 aliphatic rings. The molecule has 18 heavy (non-hydrogen) atoms. The Morgan fingerprint density at radius 1 is 1.44 bits per heavy atom. The quantitative estimate of drug-likeness (QED) is 0.766. The average molecular weight is 287 g/mol. The zero-order valence-corrected chi connectivity index (χ0v) is 12.9. The van der Waals surface area contributed by atoms with Crippen molar-refractivity contribution in [1.29, 1.82) is 0 Å². The highest BCUT2D eigenvalue weighted by molar-refractivity contribution is 7.09. The Morgan fingerprint density at radius 2 is 2.17 bits per heavy atom. The van der Waals surface area contributed by atoms with Crippen LogP contribution in [-0.4, -0.2) is 29.5 Å². The van der Waals surface area contributed by atoms with Crippen LogP contribution in [0.25, 0.3) is 0 Å². The standard InChI is InChI=1S/C14H23ClN2S/c1-11(2)12-3-6-17(7-4-12)8-5-14-16-13(9-15)10-18-14/h10-12H,3-9H2,1-2H3. The van der Waals surface area contributed by atoms with Crippen LogP contribution in [0.4, 0.5) is 0 Å². The minimum Gasteiger partial charge on any atom is -0.303 e. The van der Waals surface area contributed by atoms with Crippen molar-refractivity contribution in [2.75, 3.05) is 19.6 Å². The van der Waals surface area contributed by atoms with Crippen LogP contribution in [0, 0.1) is 11.8 Å². The van der Waals surface area contributed by atoms with Gasteiger partial charge in [-0.15, -0.1) is 22.9 Å². The van der Waals surface area contributed by atoms with Crippen molar-refractivity contribution < 1.29 is 0 Å². The highest BCUT2D eigenvalue weighted by Crippen LogP contribution is 2.24. The highest BCUT2D eigenvalue weighted by Gasteiger charge is 2.21. The largest absolute Gasteiger partial charge is 0.303 e. The molecule has 2 nitrogen and oxygen atoms in total. The SMILES string of the molecule is CC(C)C1CCN(CCc2nc(CCl)cs2)CC1. The van der Waals surface area contributed by atoms with Gasteiger partial charge in [0.25, 0.3) is 0 Å². The number of likely N-dealkylation sites (tertiary alicyclic amines) is 1. The molecule has 1 fully saturated rings. The summed E-state index contributed by atoms with van der Waals surface area (Å²) >= 11 is 7.51. The molecule has 1 aromatic heterocycles. The third kappa shape index (κ3) is 3.94. The zero-order chi connectivity index (χ0) is 13.0. The van der Waals surface area contributed by atoms with Gasteiger partial charge < -0.3 is 4.90 Å². The number of alkyl halides is 1. The zero-order valence-electron chi connectivity index (χ0n) is 11.4. The molecule has 0 aliphatic carbocycles. The Kier molecular flexibility index (Phi) is 5.46. The van der Waals surface area contributed by atoms with Gasteiger partial charge in [-0.3, -0.25) is 0 Å². The van der Waals surface area contributed by atoms with Crippen LogP contribution >= 0.6 is 22.9 Å². The van der Waals surface area contributed by atoms with E-state index >= 15 is 0 Å². The summed E-state index contributed by atoms with van der Waals surface area (Å²) in [4.78, 5) is 7.10. The average Bonchev–Trinajstić information content (AvgIpc) is 2.85. The Hall–Kier alpha value is -0.120. The summed E-state index contributed by atoms with van der Waals surface area (Å²) in [5, 5.41) is 3.31. The molecule has 0 aromatic carbocycles. The predicted molar refractivity (Wildman–Crippen MR) is 79.4 cm³/mol. The fourth-order valence-electron chi connectivity index (χ4n) is 2.62. The van der Waals surface area contributed by atoms with Crippen LogP contribution in [0.1, 0.15) is 37.4 Å². The van der Waals surface area contributed by atoms with Crippen molar-refractivity contribution in [3.63, 3.8) is 0 Å². The maximum Gasteiger partial charge on any atom is 0.0941 e. The second-order valence-electron chi connectivity index (χ2n) is 5.54. The second-order valence-corrected chi connectivity index (χ2v) is 6.75. The van der Waals surface area contributed by atoms with E-state index in [1.807, 2.05) is 0 Å². The summed E-state index contributed by atoms with van der Waals surface area (Å²) in [6, 6.07) is 0.